The van der Waals surface area contributed by atoms with E-state index in [1.165, 1.54) is 16.7 Å². The molecule has 0 aliphatic rings. The molecule has 18 heavy (non-hydrogen) atoms. The molecule has 0 fully saturated rings. The molecule has 0 aromatic heterocycles. The Morgan fingerprint density at radius 3 is 2.50 bits per heavy atom. The van der Waals surface area contributed by atoms with Gasteiger partial charge in [-0.2, -0.15) is 0 Å². The summed E-state index contributed by atoms with van der Waals surface area (Å²) in [5.74, 6) is 0. The van der Waals surface area contributed by atoms with Crippen LogP contribution in [0, 0.1) is 13.8 Å². The van der Waals surface area contributed by atoms with Crippen molar-refractivity contribution in [3.63, 3.8) is 0 Å². The largest absolute Gasteiger partial charge is 0.383 e. The average molecular weight is 250 g/mol. The summed E-state index contributed by atoms with van der Waals surface area (Å²) in [6.45, 7) is 7.77. The summed E-state index contributed by atoms with van der Waals surface area (Å²) in [6.07, 6.45) is 0. The van der Waals surface area contributed by atoms with E-state index in [4.69, 9.17) is 10.5 Å². The molecule has 0 aliphatic heterocycles. The summed E-state index contributed by atoms with van der Waals surface area (Å²) in [5, 5.41) is 0. The Morgan fingerprint density at radius 2 is 2.00 bits per heavy atom. The van der Waals surface area contributed by atoms with Crippen molar-refractivity contribution < 1.29 is 4.74 Å². The zero-order chi connectivity index (χ0) is 13.7. The van der Waals surface area contributed by atoms with Gasteiger partial charge in [-0.1, -0.05) is 23.8 Å². The highest BCUT2D eigenvalue weighted by molar-refractivity contribution is 5.33. The molecule has 0 saturated heterocycles. The molecule has 102 valence electrons. The molecule has 3 nitrogen and oxygen atoms in total. The second kappa shape index (κ2) is 6.88. The first-order valence-corrected chi connectivity index (χ1v) is 6.49. The van der Waals surface area contributed by atoms with Gasteiger partial charge in [0.25, 0.3) is 0 Å². The fraction of sp³-hybridized carbons (Fsp3) is 0.600. The summed E-state index contributed by atoms with van der Waals surface area (Å²) < 4.78 is 5.22. The molecular weight excluding hydrogens is 224 g/mol. The molecule has 0 aliphatic carbocycles. The molecule has 0 bridgehead atoms. The second-order valence-corrected chi connectivity index (χ2v) is 5.08. The van der Waals surface area contributed by atoms with Gasteiger partial charge in [-0.05, 0) is 38.9 Å². The van der Waals surface area contributed by atoms with Gasteiger partial charge in [0.1, 0.15) is 0 Å². The van der Waals surface area contributed by atoms with Crippen molar-refractivity contribution in [3.8, 4) is 0 Å². The van der Waals surface area contributed by atoms with E-state index in [0.717, 1.165) is 6.61 Å². The Bertz CT molecular complexity index is 379. The Hall–Kier alpha value is -0.900. The second-order valence-electron chi connectivity index (χ2n) is 5.08. The number of benzene rings is 1. The molecule has 3 heteroatoms. The molecule has 0 spiro atoms. The van der Waals surface area contributed by atoms with Crippen LogP contribution in [0.3, 0.4) is 0 Å². The summed E-state index contributed by atoms with van der Waals surface area (Å²) in [7, 11) is 3.85. The standard InChI is InChI=1S/C15H26N2O/c1-11-6-7-14(12(2)8-11)15(9-16)17(4)13(3)10-18-5/h6-8,13,15H,9-10,16H2,1-5H3. The van der Waals surface area contributed by atoms with Gasteiger partial charge in [0.2, 0.25) is 0 Å². The number of ether oxygens (including phenoxy) is 1. The van der Waals surface area contributed by atoms with E-state index in [9.17, 15) is 0 Å². The summed E-state index contributed by atoms with van der Waals surface area (Å²) in [5.41, 5.74) is 9.88. The highest BCUT2D eigenvalue weighted by Gasteiger charge is 2.21. The fourth-order valence-corrected chi connectivity index (χ4v) is 2.38. The van der Waals surface area contributed by atoms with Crippen LogP contribution in [0.15, 0.2) is 18.2 Å². The van der Waals surface area contributed by atoms with Crippen LogP contribution in [0.4, 0.5) is 0 Å². The zero-order valence-corrected chi connectivity index (χ0v) is 12.2. The molecule has 2 N–H and O–H groups in total. The fourth-order valence-electron chi connectivity index (χ4n) is 2.38. The molecule has 2 unspecified atom stereocenters. The van der Waals surface area contributed by atoms with E-state index in [2.05, 4.69) is 50.9 Å². The minimum atomic E-state index is 0.246. The van der Waals surface area contributed by atoms with Crippen molar-refractivity contribution in [2.24, 2.45) is 5.73 Å². The molecule has 0 amide bonds. The van der Waals surface area contributed by atoms with Crippen LogP contribution in [0.1, 0.15) is 29.7 Å². The maximum absolute atomic E-state index is 5.96. The number of rotatable bonds is 6. The van der Waals surface area contributed by atoms with Gasteiger partial charge in [-0.15, -0.1) is 0 Å². The van der Waals surface area contributed by atoms with Crippen LogP contribution in [-0.4, -0.2) is 38.3 Å². The predicted octanol–water partition coefficient (Wildman–Crippen LogP) is 2.27. The van der Waals surface area contributed by atoms with Crippen LogP contribution >= 0.6 is 0 Å². The molecule has 0 saturated carbocycles. The van der Waals surface area contributed by atoms with Crippen molar-refractivity contribution in [1.82, 2.24) is 4.90 Å². The van der Waals surface area contributed by atoms with Gasteiger partial charge < -0.3 is 10.5 Å². The van der Waals surface area contributed by atoms with E-state index in [1.807, 2.05) is 0 Å². The number of nitrogens with zero attached hydrogens (tertiary/aromatic N) is 1. The first-order chi connectivity index (χ1) is 8.51. The SMILES string of the molecule is COCC(C)N(C)C(CN)c1ccc(C)cc1C. The number of hydrogen-bond donors (Lipinski definition) is 1. The lowest BCUT2D eigenvalue weighted by molar-refractivity contribution is 0.0908. The van der Waals surface area contributed by atoms with E-state index < -0.39 is 0 Å². The predicted molar refractivity (Wildman–Crippen MR) is 76.8 cm³/mol. The van der Waals surface area contributed by atoms with Gasteiger partial charge >= 0.3 is 0 Å². The minimum absolute atomic E-state index is 0.246. The van der Waals surface area contributed by atoms with E-state index in [-0.39, 0.29) is 6.04 Å². The van der Waals surface area contributed by atoms with E-state index >= 15 is 0 Å². The number of nitrogens with two attached hydrogens (primary N) is 1. The van der Waals surface area contributed by atoms with E-state index in [0.29, 0.717) is 12.6 Å². The lowest BCUT2D eigenvalue weighted by Gasteiger charge is -2.33. The van der Waals surface area contributed by atoms with E-state index in [1.54, 1.807) is 7.11 Å². The van der Waals surface area contributed by atoms with Crippen molar-refractivity contribution in [2.45, 2.75) is 32.9 Å². The Morgan fingerprint density at radius 1 is 1.33 bits per heavy atom. The number of methoxy groups -OCH3 is 1. The topological polar surface area (TPSA) is 38.5 Å². The van der Waals surface area contributed by atoms with Gasteiger partial charge in [-0.3, -0.25) is 4.90 Å². The Kier molecular flexibility index (Phi) is 5.79. The normalized spacial score (nSPS) is 14.8. The monoisotopic (exact) mass is 250 g/mol. The Labute approximate surface area is 111 Å². The van der Waals surface area contributed by atoms with Crippen LogP contribution in [0.5, 0.6) is 0 Å². The zero-order valence-electron chi connectivity index (χ0n) is 12.2. The summed E-state index contributed by atoms with van der Waals surface area (Å²) >= 11 is 0. The maximum Gasteiger partial charge on any atom is 0.0615 e. The van der Waals surface area contributed by atoms with Crippen LogP contribution in [-0.2, 0) is 4.74 Å². The van der Waals surface area contributed by atoms with Crippen molar-refractivity contribution in [2.75, 3.05) is 27.3 Å². The van der Waals surface area contributed by atoms with Crippen molar-refractivity contribution in [3.05, 3.63) is 34.9 Å². The molecule has 0 radical (unpaired) electrons. The van der Waals surface area contributed by atoms with Crippen LogP contribution in [0.2, 0.25) is 0 Å². The van der Waals surface area contributed by atoms with Gasteiger partial charge in [-0.25, -0.2) is 0 Å². The van der Waals surface area contributed by atoms with Crippen molar-refractivity contribution in [1.29, 1.82) is 0 Å². The molecule has 1 rings (SSSR count). The third-order valence-electron chi connectivity index (χ3n) is 3.60. The third kappa shape index (κ3) is 3.55. The summed E-state index contributed by atoms with van der Waals surface area (Å²) in [4.78, 5) is 2.29. The molecule has 1 aromatic rings. The first-order valence-electron chi connectivity index (χ1n) is 6.49. The summed E-state index contributed by atoms with van der Waals surface area (Å²) in [6, 6.07) is 7.16. The lowest BCUT2D eigenvalue weighted by atomic mass is 9.97. The number of aryl methyl sites for hydroxylation is 2. The first kappa shape index (κ1) is 15.2. The minimum Gasteiger partial charge on any atom is -0.383 e. The van der Waals surface area contributed by atoms with Crippen LogP contribution in [0.25, 0.3) is 0 Å². The quantitative estimate of drug-likeness (QED) is 0.841. The molecular formula is C15H26N2O. The number of likely N-dealkylation sites (N-methyl/N-ethyl adjacent to an activating group) is 1. The molecule has 0 heterocycles. The lowest BCUT2D eigenvalue weighted by Crippen LogP contribution is -2.39. The van der Waals surface area contributed by atoms with Gasteiger partial charge in [0.15, 0.2) is 0 Å². The number of hydrogen-bond acceptors (Lipinski definition) is 3. The maximum atomic E-state index is 5.96. The van der Waals surface area contributed by atoms with Crippen molar-refractivity contribution >= 4 is 0 Å². The molecule has 1 aromatic carbocycles. The third-order valence-corrected chi connectivity index (χ3v) is 3.60. The molecule has 2 atom stereocenters. The highest BCUT2D eigenvalue weighted by atomic mass is 16.5. The Balaban J connectivity index is 2.94. The smallest absolute Gasteiger partial charge is 0.0615 e. The van der Waals surface area contributed by atoms with Gasteiger partial charge in [0, 0.05) is 25.7 Å². The van der Waals surface area contributed by atoms with Crippen LogP contribution < -0.4 is 5.73 Å². The highest BCUT2D eigenvalue weighted by Crippen LogP contribution is 2.24. The van der Waals surface area contributed by atoms with Gasteiger partial charge in [0.05, 0.1) is 6.61 Å². The average Bonchev–Trinajstić information content (AvgIpc) is 2.32.